The Morgan fingerprint density at radius 2 is 1.85 bits per heavy atom. The molecule has 1 heterocycles. The Balaban J connectivity index is 1.91. The van der Waals surface area contributed by atoms with Gasteiger partial charge >= 0.3 is 12.1 Å². The molecule has 1 unspecified atom stereocenters. The van der Waals surface area contributed by atoms with Gasteiger partial charge in [-0.25, -0.2) is 4.79 Å². The number of halogens is 3. The van der Waals surface area contributed by atoms with Crippen LogP contribution in [0.25, 0.3) is 0 Å². The van der Waals surface area contributed by atoms with Crippen LogP contribution in [0.5, 0.6) is 0 Å². The highest BCUT2D eigenvalue weighted by Crippen LogP contribution is 2.30. The summed E-state index contributed by atoms with van der Waals surface area (Å²) >= 11 is 0. The minimum Gasteiger partial charge on any atom is -0.478 e. The SMILES string of the molecule is Cc1oc(CNC(=O)CC(C)c2ccc(C(F)(F)F)cc2)cc1C(=O)O. The van der Waals surface area contributed by atoms with E-state index in [1.165, 1.54) is 25.1 Å². The summed E-state index contributed by atoms with van der Waals surface area (Å²) in [6, 6.07) is 6.04. The zero-order valence-corrected chi connectivity index (χ0v) is 14.2. The van der Waals surface area contributed by atoms with Gasteiger partial charge in [0.25, 0.3) is 0 Å². The van der Waals surface area contributed by atoms with Crippen molar-refractivity contribution in [2.45, 2.75) is 38.9 Å². The van der Waals surface area contributed by atoms with Crippen LogP contribution in [-0.2, 0) is 17.5 Å². The smallest absolute Gasteiger partial charge is 0.416 e. The number of alkyl halides is 3. The average molecular weight is 369 g/mol. The van der Waals surface area contributed by atoms with E-state index in [1.54, 1.807) is 6.92 Å². The number of furan rings is 1. The van der Waals surface area contributed by atoms with Gasteiger partial charge in [0.1, 0.15) is 17.1 Å². The summed E-state index contributed by atoms with van der Waals surface area (Å²) in [4.78, 5) is 22.9. The number of carbonyl (C=O) groups is 2. The number of aromatic carboxylic acids is 1. The quantitative estimate of drug-likeness (QED) is 0.803. The molecule has 8 heteroatoms. The molecule has 0 aliphatic carbocycles. The van der Waals surface area contributed by atoms with Gasteiger partial charge in [-0.1, -0.05) is 19.1 Å². The Hall–Kier alpha value is -2.77. The number of hydrogen-bond donors (Lipinski definition) is 2. The molecule has 26 heavy (non-hydrogen) atoms. The number of rotatable bonds is 6. The molecule has 2 rings (SSSR count). The molecule has 0 radical (unpaired) electrons. The second-order valence-corrected chi connectivity index (χ2v) is 5.99. The Labute approximate surface area is 147 Å². The van der Waals surface area contributed by atoms with E-state index in [4.69, 9.17) is 9.52 Å². The summed E-state index contributed by atoms with van der Waals surface area (Å²) in [5.41, 5.74) is -0.0807. The number of carbonyl (C=O) groups excluding carboxylic acids is 1. The van der Waals surface area contributed by atoms with E-state index in [0.717, 1.165) is 12.1 Å². The van der Waals surface area contributed by atoms with Crippen LogP contribution in [0.15, 0.2) is 34.7 Å². The van der Waals surface area contributed by atoms with Crippen LogP contribution < -0.4 is 5.32 Å². The van der Waals surface area contributed by atoms with Crippen LogP contribution >= 0.6 is 0 Å². The van der Waals surface area contributed by atoms with Crippen LogP contribution in [-0.4, -0.2) is 17.0 Å². The highest BCUT2D eigenvalue weighted by atomic mass is 19.4. The number of carboxylic acids is 1. The van der Waals surface area contributed by atoms with Crippen molar-refractivity contribution in [1.82, 2.24) is 5.32 Å². The molecule has 1 atom stereocenters. The lowest BCUT2D eigenvalue weighted by Gasteiger charge is -2.13. The van der Waals surface area contributed by atoms with Crippen LogP contribution in [0, 0.1) is 6.92 Å². The topological polar surface area (TPSA) is 79.5 Å². The monoisotopic (exact) mass is 369 g/mol. The molecule has 2 N–H and O–H groups in total. The van der Waals surface area contributed by atoms with Crippen molar-refractivity contribution >= 4 is 11.9 Å². The third-order valence-electron chi connectivity index (χ3n) is 3.96. The largest absolute Gasteiger partial charge is 0.478 e. The molecule has 1 aromatic carbocycles. The van der Waals surface area contributed by atoms with E-state index < -0.39 is 17.7 Å². The Bertz CT molecular complexity index is 794. The fraction of sp³-hybridized carbons (Fsp3) is 0.333. The lowest BCUT2D eigenvalue weighted by molar-refractivity contribution is -0.137. The number of amides is 1. The Morgan fingerprint density at radius 3 is 2.35 bits per heavy atom. The van der Waals surface area contributed by atoms with Gasteiger partial charge in [-0.3, -0.25) is 4.79 Å². The van der Waals surface area contributed by atoms with Crippen LogP contribution in [0.2, 0.25) is 0 Å². The molecular formula is C18H18F3NO4. The Morgan fingerprint density at radius 1 is 1.23 bits per heavy atom. The number of benzene rings is 1. The standard InChI is InChI=1S/C18H18F3NO4/c1-10(12-3-5-13(6-4-12)18(19,20)21)7-16(23)22-9-14-8-15(17(24)25)11(2)26-14/h3-6,8,10H,7,9H2,1-2H3,(H,22,23)(H,24,25). The zero-order chi connectivity index (χ0) is 19.5. The second kappa shape index (κ2) is 7.63. The first-order chi connectivity index (χ1) is 12.1. The fourth-order valence-electron chi connectivity index (χ4n) is 2.50. The molecule has 0 fully saturated rings. The van der Waals surface area contributed by atoms with Crippen molar-refractivity contribution in [2.75, 3.05) is 0 Å². The molecule has 0 saturated carbocycles. The van der Waals surface area contributed by atoms with Crippen molar-refractivity contribution in [3.05, 3.63) is 58.5 Å². The fourth-order valence-corrected chi connectivity index (χ4v) is 2.50. The van der Waals surface area contributed by atoms with Crippen molar-refractivity contribution in [3.8, 4) is 0 Å². The van der Waals surface area contributed by atoms with Gasteiger partial charge in [0.2, 0.25) is 5.91 Å². The number of hydrogen-bond acceptors (Lipinski definition) is 3. The van der Waals surface area contributed by atoms with Gasteiger partial charge in [0.05, 0.1) is 12.1 Å². The predicted molar refractivity (Wildman–Crippen MR) is 86.7 cm³/mol. The van der Waals surface area contributed by atoms with Crippen LogP contribution in [0.3, 0.4) is 0 Å². The van der Waals surface area contributed by atoms with E-state index in [-0.39, 0.29) is 36.1 Å². The highest BCUT2D eigenvalue weighted by Gasteiger charge is 2.30. The summed E-state index contributed by atoms with van der Waals surface area (Å²) in [6.07, 6.45) is -4.31. The molecule has 0 spiro atoms. The molecule has 5 nitrogen and oxygen atoms in total. The van der Waals surface area contributed by atoms with Gasteiger partial charge in [-0.05, 0) is 36.6 Å². The maximum absolute atomic E-state index is 12.6. The van der Waals surface area contributed by atoms with Crippen molar-refractivity contribution in [2.24, 2.45) is 0 Å². The number of nitrogens with one attached hydrogen (secondary N) is 1. The van der Waals surface area contributed by atoms with Crippen LogP contribution in [0.4, 0.5) is 13.2 Å². The van der Waals surface area contributed by atoms with Gasteiger partial charge in [-0.15, -0.1) is 0 Å². The first kappa shape index (κ1) is 19.6. The number of aryl methyl sites for hydroxylation is 1. The lowest BCUT2D eigenvalue weighted by atomic mass is 9.96. The van der Waals surface area contributed by atoms with Gasteiger partial charge in [-0.2, -0.15) is 13.2 Å². The third kappa shape index (κ3) is 4.87. The van der Waals surface area contributed by atoms with Gasteiger partial charge in [0.15, 0.2) is 0 Å². The summed E-state index contributed by atoms with van der Waals surface area (Å²) in [7, 11) is 0. The van der Waals surface area contributed by atoms with Crippen molar-refractivity contribution in [3.63, 3.8) is 0 Å². The van der Waals surface area contributed by atoms with E-state index in [0.29, 0.717) is 11.3 Å². The van der Waals surface area contributed by atoms with E-state index in [9.17, 15) is 22.8 Å². The average Bonchev–Trinajstić information content (AvgIpc) is 2.93. The predicted octanol–water partition coefficient (Wildman–Crippen LogP) is 4.12. The normalized spacial score (nSPS) is 12.7. The lowest BCUT2D eigenvalue weighted by Crippen LogP contribution is -2.23. The zero-order valence-electron chi connectivity index (χ0n) is 14.2. The first-order valence-corrected chi connectivity index (χ1v) is 7.84. The van der Waals surface area contributed by atoms with Gasteiger partial charge in [0, 0.05) is 6.42 Å². The molecule has 0 saturated heterocycles. The summed E-state index contributed by atoms with van der Waals surface area (Å²) in [5.74, 6) is -1.14. The first-order valence-electron chi connectivity index (χ1n) is 7.84. The minimum absolute atomic E-state index is 0.0344. The molecule has 0 aliphatic rings. The second-order valence-electron chi connectivity index (χ2n) is 5.99. The molecule has 140 valence electrons. The molecule has 0 aliphatic heterocycles. The minimum atomic E-state index is -4.39. The van der Waals surface area contributed by atoms with Crippen molar-refractivity contribution < 1.29 is 32.3 Å². The molecule has 1 amide bonds. The van der Waals surface area contributed by atoms with Crippen LogP contribution in [0.1, 0.15) is 52.3 Å². The van der Waals surface area contributed by atoms with E-state index >= 15 is 0 Å². The maximum Gasteiger partial charge on any atom is 0.416 e. The maximum atomic E-state index is 12.6. The third-order valence-corrected chi connectivity index (χ3v) is 3.96. The molecule has 0 bridgehead atoms. The molecule has 2 aromatic rings. The van der Waals surface area contributed by atoms with Crippen molar-refractivity contribution in [1.29, 1.82) is 0 Å². The number of carboxylic acid groups (broad SMARTS) is 1. The molecule has 1 aromatic heterocycles. The Kier molecular flexibility index (Phi) is 5.74. The van der Waals surface area contributed by atoms with E-state index in [1.807, 2.05) is 0 Å². The van der Waals surface area contributed by atoms with Gasteiger partial charge < -0.3 is 14.8 Å². The molecular weight excluding hydrogens is 351 g/mol. The highest BCUT2D eigenvalue weighted by molar-refractivity contribution is 5.88. The summed E-state index contributed by atoms with van der Waals surface area (Å²) in [5, 5.41) is 11.6. The van der Waals surface area contributed by atoms with E-state index in [2.05, 4.69) is 5.32 Å². The summed E-state index contributed by atoms with van der Waals surface area (Å²) in [6.45, 7) is 3.29. The summed E-state index contributed by atoms with van der Waals surface area (Å²) < 4.78 is 42.9.